The van der Waals surface area contributed by atoms with Gasteiger partial charge in [0.15, 0.2) is 0 Å². The number of rotatable bonds is 5. The molecule has 162 valence electrons. The van der Waals surface area contributed by atoms with Gasteiger partial charge < -0.3 is 14.6 Å². The van der Waals surface area contributed by atoms with Crippen LogP contribution in [0.5, 0.6) is 0 Å². The van der Waals surface area contributed by atoms with Crippen LogP contribution in [0.4, 0.5) is 0 Å². The van der Waals surface area contributed by atoms with Crippen LogP contribution in [0.15, 0.2) is 65.3 Å². The van der Waals surface area contributed by atoms with Crippen molar-refractivity contribution in [2.45, 2.75) is 13.0 Å². The Labute approximate surface area is 193 Å². The van der Waals surface area contributed by atoms with Crippen LogP contribution in [-0.4, -0.2) is 45.9 Å². The van der Waals surface area contributed by atoms with E-state index in [1.807, 2.05) is 48.2 Å². The van der Waals surface area contributed by atoms with Crippen molar-refractivity contribution < 1.29 is 14.0 Å². The standard InChI is InChI=1S/C24H21N3O3S2/c1-15-26-21(22(32-15)16-6-3-2-4-7-16)24(29)27-14-31-13-17(27)12-25-23(28)19-8-5-9-20-18(19)10-11-30-20/h2-11,17H,12-14H2,1H3,(H,25,28)/t17-/m1/s1. The molecule has 1 aliphatic heterocycles. The zero-order valence-corrected chi connectivity index (χ0v) is 19.0. The van der Waals surface area contributed by atoms with Gasteiger partial charge in [0.1, 0.15) is 11.3 Å². The number of thioether (sulfide) groups is 1. The van der Waals surface area contributed by atoms with E-state index in [9.17, 15) is 9.59 Å². The third-order valence-electron chi connectivity index (χ3n) is 5.45. The number of carbonyl (C=O) groups excluding carboxylic acids is 2. The first-order valence-electron chi connectivity index (χ1n) is 10.3. The minimum absolute atomic E-state index is 0.0885. The van der Waals surface area contributed by atoms with Gasteiger partial charge in [-0.15, -0.1) is 23.1 Å². The molecule has 1 saturated heterocycles. The molecule has 8 heteroatoms. The van der Waals surface area contributed by atoms with E-state index in [0.29, 0.717) is 29.3 Å². The van der Waals surface area contributed by atoms with Crippen molar-refractivity contribution in [1.29, 1.82) is 0 Å². The zero-order valence-electron chi connectivity index (χ0n) is 17.4. The fourth-order valence-corrected chi connectivity index (χ4v) is 5.98. The summed E-state index contributed by atoms with van der Waals surface area (Å²) in [6.07, 6.45) is 1.58. The number of amides is 2. The SMILES string of the molecule is Cc1nc(C(=O)N2CSC[C@H]2CNC(=O)c2cccc3occc23)c(-c2ccccc2)s1. The van der Waals surface area contributed by atoms with Gasteiger partial charge in [-0.2, -0.15) is 0 Å². The van der Waals surface area contributed by atoms with Gasteiger partial charge in [-0.05, 0) is 30.7 Å². The molecule has 0 unspecified atom stereocenters. The predicted molar refractivity (Wildman–Crippen MR) is 128 cm³/mol. The van der Waals surface area contributed by atoms with Gasteiger partial charge in [-0.25, -0.2) is 4.98 Å². The number of benzene rings is 2. The number of hydrogen-bond acceptors (Lipinski definition) is 6. The van der Waals surface area contributed by atoms with Crippen molar-refractivity contribution in [1.82, 2.24) is 15.2 Å². The number of carbonyl (C=O) groups is 2. The second kappa shape index (κ2) is 8.80. The number of thiazole rings is 1. The van der Waals surface area contributed by atoms with E-state index in [1.54, 1.807) is 36.2 Å². The van der Waals surface area contributed by atoms with Gasteiger partial charge in [-0.1, -0.05) is 36.4 Å². The van der Waals surface area contributed by atoms with E-state index in [2.05, 4.69) is 10.3 Å². The summed E-state index contributed by atoms with van der Waals surface area (Å²) in [5, 5.41) is 4.65. The summed E-state index contributed by atoms with van der Waals surface area (Å²) in [5.41, 5.74) is 2.73. The van der Waals surface area contributed by atoms with Gasteiger partial charge in [0.05, 0.1) is 33.6 Å². The number of furan rings is 1. The van der Waals surface area contributed by atoms with E-state index in [1.165, 1.54) is 11.3 Å². The molecule has 1 fully saturated rings. The molecule has 1 atom stereocenters. The molecule has 1 N–H and O–H groups in total. The quantitative estimate of drug-likeness (QED) is 0.460. The van der Waals surface area contributed by atoms with E-state index < -0.39 is 0 Å². The maximum atomic E-state index is 13.5. The molecule has 2 aromatic carbocycles. The van der Waals surface area contributed by atoms with Gasteiger partial charge in [0, 0.05) is 17.7 Å². The first-order valence-corrected chi connectivity index (χ1v) is 12.2. The van der Waals surface area contributed by atoms with Crippen molar-refractivity contribution >= 4 is 45.9 Å². The van der Waals surface area contributed by atoms with Crippen LogP contribution >= 0.6 is 23.1 Å². The molecule has 2 aromatic heterocycles. The number of nitrogens with zero attached hydrogens (tertiary/aromatic N) is 2. The molecule has 0 bridgehead atoms. The largest absolute Gasteiger partial charge is 0.464 e. The maximum Gasteiger partial charge on any atom is 0.275 e. The molecule has 4 aromatic rings. The van der Waals surface area contributed by atoms with Crippen LogP contribution in [0.3, 0.4) is 0 Å². The highest BCUT2D eigenvalue weighted by atomic mass is 32.2. The summed E-state index contributed by atoms with van der Waals surface area (Å²) in [5.74, 6) is 1.10. The first-order chi connectivity index (χ1) is 15.6. The lowest BCUT2D eigenvalue weighted by Gasteiger charge is -2.24. The molecular weight excluding hydrogens is 442 g/mol. The lowest BCUT2D eigenvalue weighted by Crippen LogP contribution is -2.44. The molecule has 2 amide bonds. The van der Waals surface area contributed by atoms with Gasteiger partial charge in [0.2, 0.25) is 0 Å². The zero-order chi connectivity index (χ0) is 22.1. The Morgan fingerprint density at radius 1 is 1.16 bits per heavy atom. The summed E-state index contributed by atoms with van der Waals surface area (Å²) in [6.45, 7) is 2.30. The fraction of sp³-hybridized carbons (Fsp3) is 0.208. The smallest absolute Gasteiger partial charge is 0.275 e. The molecule has 0 saturated carbocycles. The maximum absolute atomic E-state index is 13.5. The van der Waals surface area contributed by atoms with Crippen LogP contribution < -0.4 is 5.32 Å². The van der Waals surface area contributed by atoms with Crippen LogP contribution in [0.1, 0.15) is 25.9 Å². The van der Waals surface area contributed by atoms with Crippen molar-refractivity contribution in [2.75, 3.05) is 18.2 Å². The van der Waals surface area contributed by atoms with Crippen molar-refractivity contribution in [3.8, 4) is 10.4 Å². The first kappa shape index (κ1) is 20.8. The Bertz CT molecular complexity index is 1280. The number of aromatic nitrogens is 1. The van der Waals surface area contributed by atoms with E-state index >= 15 is 0 Å². The number of hydrogen-bond donors (Lipinski definition) is 1. The highest BCUT2D eigenvalue weighted by Gasteiger charge is 2.33. The van der Waals surface area contributed by atoms with E-state index in [4.69, 9.17) is 4.42 Å². The molecule has 1 aliphatic rings. The van der Waals surface area contributed by atoms with Gasteiger partial charge in [0.25, 0.3) is 11.8 Å². The second-order valence-electron chi connectivity index (χ2n) is 7.55. The Kier molecular flexibility index (Phi) is 5.71. The topological polar surface area (TPSA) is 75.4 Å². The lowest BCUT2D eigenvalue weighted by atomic mass is 10.1. The molecule has 0 spiro atoms. The van der Waals surface area contributed by atoms with Crippen molar-refractivity contribution in [2.24, 2.45) is 0 Å². The highest BCUT2D eigenvalue weighted by molar-refractivity contribution is 7.99. The normalized spacial score (nSPS) is 15.9. The Morgan fingerprint density at radius 2 is 2.00 bits per heavy atom. The third-order valence-corrected chi connectivity index (χ3v) is 7.55. The van der Waals surface area contributed by atoms with Crippen LogP contribution in [0.25, 0.3) is 21.4 Å². The monoisotopic (exact) mass is 463 g/mol. The Balaban J connectivity index is 1.33. The number of nitrogens with one attached hydrogen (secondary N) is 1. The van der Waals surface area contributed by atoms with Crippen molar-refractivity contribution in [3.63, 3.8) is 0 Å². The summed E-state index contributed by atoms with van der Waals surface area (Å²) in [6, 6.07) is 17.0. The van der Waals surface area contributed by atoms with Crippen molar-refractivity contribution in [3.05, 3.63) is 77.1 Å². The van der Waals surface area contributed by atoms with Crippen LogP contribution in [0, 0.1) is 6.92 Å². The van der Waals surface area contributed by atoms with Gasteiger partial charge in [-0.3, -0.25) is 9.59 Å². The van der Waals surface area contributed by atoms with Gasteiger partial charge >= 0.3 is 0 Å². The molecular formula is C24H21N3O3S2. The minimum atomic E-state index is -0.171. The van der Waals surface area contributed by atoms with E-state index in [0.717, 1.165) is 26.6 Å². The summed E-state index contributed by atoms with van der Waals surface area (Å²) in [7, 11) is 0. The molecule has 5 rings (SSSR count). The fourth-order valence-electron chi connectivity index (χ4n) is 3.87. The Hall–Kier alpha value is -3.10. The predicted octanol–water partition coefficient (Wildman–Crippen LogP) is 4.81. The molecule has 6 nitrogen and oxygen atoms in total. The molecule has 3 heterocycles. The van der Waals surface area contributed by atoms with E-state index in [-0.39, 0.29) is 17.9 Å². The third kappa shape index (κ3) is 3.91. The molecule has 0 radical (unpaired) electrons. The van der Waals surface area contributed by atoms with Crippen LogP contribution in [-0.2, 0) is 0 Å². The average Bonchev–Trinajstić information content (AvgIpc) is 3.56. The second-order valence-corrected chi connectivity index (χ2v) is 9.76. The minimum Gasteiger partial charge on any atom is -0.464 e. The summed E-state index contributed by atoms with van der Waals surface area (Å²) in [4.78, 5) is 33.5. The molecule has 0 aliphatic carbocycles. The Morgan fingerprint density at radius 3 is 2.84 bits per heavy atom. The number of aryl methyl sites for hydroxylation is 1. The lowest BCUT2D eigenvalue weighted by molar-refractivity contribution is 0.0732. The van der Waals surface area contributed by atoms with Crippen LogP contribution in [0.2, 0.25) is 0 Å². The number of fused-ring (bicyclic) bond motifs is 1. The average molecular weight is 464 g/mol. The highest BCUT2D eigenvalue weighted by Crippen LogP contribution is 2.33. The molecule has 32 heavy (non-hydrogen) atoms. The summed E-state index contributed by atoms with van der Waals surface area (Å²) < 4.78 is 5.39. The summed E-state index contributed by atoms with van der Waals surface area (Å²) >= 11 is 3.22.